The van der Waals surface area contributed by atoms with Crippen molar-refractivity contribution in [3.05, 3.63) is 67.3 Å². The Morgan fingerprint density at radius 1 is 1.11 bits per heavy atom. The molecule has 0 aliphatic rings. The minimum atomic E-state index is -0.214. The van der Waals surface area contributed by atoms with Crippen LogP contribution in [0.3, 0.4) is 0 Å². The van der Waals surface area contributed by atoms with Gasteiger partial charge in [-0.25, -0.2) is 9.97 Å². The molecule has 0 amide bonds. The summed E-state index contributed by atoms with van der Waals surface area (Å²) >= 11 is 13.3. The lowest BCUT2D eigenvalue weighted by atomic mass is 10.1. The number of fused-ring (bicyclic) bond motifs is 3. The largest absolute Gasteiger partial charge is 0.292 e. The number of hydrogen-bond acceptors (Lipinski definition) is 5. The minimum Gasteiger partial charge on any atom is -0.266 e. The molecule has 1 aromatic carbocycles. The first kappa shape index (κ1) is 18.1. The molecule has 0 spiro atoms. The van der Waals surface area contributed by atoms with Gasteiger partial charge in [0.2, 0.25) is 0 Å². The van der Waals surface area contributed by atoms with E-state index in [1.54, 1.807) is 31.3 Å². The average molecular weight is 417 g/mol. The van der Waals surface area contributed by atoms with E-state index in [2.05, 4.69) is 15.1 Å². The van der Waals surface area contributed by atoms with Crippen LogP contribution in [0.5, 0.6) is 0 Å². The molecule has 136 valence electrons. The fourth-order valence-corrected chi connectivity index (χ4v) is 4.45. The molecule has 0 atom stereocenters. The molecule has 5 nitrogen and oxygen atoms in total. The lowest BCUT2D eigenvalue weighted by molar-refractivity contribution is 0.773. The maximum atomic E-state index is 13.0. The molecule has 0 bridgehead atoms. The van der Waals surface area contributed by atoms with E-state index in [0.717, 1.165) is 27.0 Å². The summed E-state index contributed by atoms with van der Waals surface area (Å²) in [5.74, 6) is 0.503. The molecule has 0 aliphatic heterocycles. The summed E-state index contributed by atoms with van der Waals surface area (Å²) in [7, 11) is 0. The predicted octanol–water partition coefficient (Wildman–Crippen LogP) is 5.12. The van der Waals surface area contributed by atoms with Gasteiger partial charge in [0.05, 0.1) is 21.8 Å². The van der Waals surface area contributed by atoms with Gasteiger partial charge in [-0.1, -0.05) is 29.3 Å². The number of benzene rings is 1. The lowest BCUT2D eigenvalue weighted by Gasteiger charge is -2.04. The van der Waals surface area contributed by atoms with Crippen LogP contribution in [0.4, 0.5) is 0 Å². The topological polar surface area (TPSA) is 60.1 Å². The van der Waals surface area contributed by atoms with Gasteiger partial charge in [0.1, 0.15) is 15.4 Å². The van der Waals surface area contributed by atoms with Crippen molar-refractivity contribution in [1.82, 2.24) is 14.6 Å². The highest BCUT2D eigenvalue weighted by Crippen LogP contribution is 2.32. The molecule has 4 rings (SSSR count). The van der Waals surface area contributed by atoms with Crippen LogP contribution in [0.15, 0.2) is 34.2 Å². The van der Waals surface area contributed by atoms with Crippen LogP contribution in [0.25, 0.3) is 20.4 Å². The Hall–Kier alpha value is -2.28. The third-order valence-electron chi connectivity index (χ3n) is 4.19. The van der Waals surface area contributed by atoms with Crippen molar-refractivity contribution >= 4 is 61.2 Å². The van der Waals surface area contributed by atoms with Crippen molar-refractivity contribution in [1.29, 1.82) is 0 Å². The highest BCUT2D eigenvalue weighted by molar-refractivity contribution is 7.25. The number of pyridine rings is 1. The van der Waals surface area contributed by atoms with Crippen molar-refractivity contribution < 1.29 is 0 Å². The Morgan fingerprint density at radius 2 is 1.89 bits per heavy atom. The average Bonchev–Trinajstić information content (AvgIpc) is 2.96. The third-order valence-corrected chi connectivity index (χ3v) is 5.99. The second-order valence-electron chi connectivity index (χ2n) is 6.23. The maximum Gasteiger partial charge on any atom is 0.292 e. The van der Waals surface area contributed by atoms with Gasteiger partial charge in [0.25, 0.3) is 5.56 Å². The van der Waals surface area contributed by atoms with Gasteiger partial charge >= 0.3 is 0 Å². The quantitative estimate of drug-likeness (QED) is 0.426. The second-order valence-corrected chi connectivity index (χ2v) is 8.05. The number of thiophene rings is 1. The fourth-order valence-electron chi connectivity index (χ4n) is 2.98. The van der Waals surface area contributed by atoms with E-state index in [1.807, 2.05) is 19.9 Å². The van der Waals surface area contributed by atoms with Gasteiger partial charge in [-0.3, -0.25) is 4.79 Å². The van der Waals surface area contributed by atoms with Gasteiger partial charge in [-0.2, -0.15) is 9.78 Å². The monoisotopic (exact) mass is 416 g/mol. The molecule has 4 aromatic rings. The van der Waals surface area contributed by atoms with Crippen molar-refractivity contribution in [2.45, 2.75) is 20.8 Å². The zero-order chi connectivity index (χ0) is 19.3. The number of aromatic nitrogens is 3. The molecular weight excluding hydrogens is 403 g/mol. The summed E-state index contributed by atoms with van der Waals surface area (Å²) in [6.45, 7) is 5.71. The fraction of sp³-hybridized carbons (Fsp3) is 0.158. The van der Waals surface area contributed by atoms with E-state index in [0.29, 0.717) is 26.1 Å². The van der Waals surface area contributed by atoms with Gasteiger partial charge < -0.3 is 0 Å². The minimum absolute atomic E-state index is 0.214. The summed E-state index contributed by atoms with van der Waals surface area (Å²) in [6, 6.07) is 7.15. The number of nitrogens with zero attached hydrogens (tertiary/aromatic N) is 4. The maximum absolute atomic E-state index is 13.0. The molecular formula is C19H14Cl2N4OS. The molecule has 27 heavy (non-hydrogen) atoms. The van der Waals surface area contributed by atoms with Gasteiger partial charge in [0, 0.05) is 11.1 Å². The van der Waals surface area contributed by atoms with Crippen LogP contribution in [-0.4, -0.2) is 20.9 Å². The Bertz CT molecular complexity index is 1310. The molecule has 0 radical (unpaired) electrons. The van der Waals surface area contributed by atoms with Crippen LogP contribution < -0.4 is 5.56 Å². The zero-order valence-corrected chi connectivity index (χ0v) is 17.1. The van der Waals surface area contributed by atoms with Crippen LogP contribution >= 0.6 is 34.5 Å². The molecule has 8 heteroatoms. The Morgan fingerprint density at radius 3 is 2.63 bits per heavy atom. The lowest BCUT2D eigenvalue weighted by Crippen LogP contribution is -2.19. The first-order valence-electron chi connectivity index (χ1n) is 8.14. The molecule has 3 aromatic heterocycles. The molecule has 3 heterocycles. The standard InChI is InChI=1S/C19H14Cl2N4OS/c1-9-6-10(2)23-18-15(9)16-17(27-18)19(26)25(11(3)24-16)22-8-12-4-5-13(20)14(21)7-12/h4-8H,1-3H3/b22-8+. The molecule has 0 fully saturated rings. The van der Waals surface area contributed by atoms with Gasteiger partial charge in [-0.05, 0) is 50.1 Å². The van der Waals surface area contributed by atoms with E-state index in [1.165, 1.54) is 16.0 Å². The van der Waals surface area contributed by atoms with Crippen molar-refractivity contribution in [3.63, 3.8) is 0 Å². The number of halogens is 2. The summed E-state index contributed by atoms with van der Waals surface area (Å²) in [5.41, 5.74) is 3.19. The van der Waals surface area contributed by atoms with Crippen LogP contribution in [0, 0.1) is 20.8 Å². The summed E-state index contributed by atoms with van der Waals surface area (Å²) < 4.78 is 1.84. The van der Waals surface area contributed by atoms with E-state index in [4.69, 9.17) is 23.2 Å². The van der Waals surface area contributed by atoms with Crippen molar-refractivity contribution in [2.75, 3.05) is 0 Å². The highest BCUT2D eigenvalue weighted by atomic mass is 35.5. The summed E-state index contributed by atoms with van der Waals surface area (Å²) in [5, 5.41) is 6.14. The third kappa shape index (κ3) is 3.14. The second kappa shape index (κ2) is 6.71. The summed E-state index contributed by atoms with van der Waals surface area (Å²) in [6.07, 6.45) is 1.56. The molecule has 0 saturated heterocycles. The first-order valence-corrected chi connectivity index (χ1v) is 9.72. The smallest absolute Gasteiger partial charge is 0.266 e. The first-order chi connectivity index (χ1) is 12.8. The Labute approximate surface area is 168 Å². The van der Waals surface area contributed by atoms with Crippen LogP contribution in [0.1, 0.15) is 22.6 Å². The van der Waals surface area contributed by atoms with E-state index >= 15 is 0 Å². The molecule has 0 unspecified atom stereocenters. The number of rotatable bonds is 2. The van der Waals surface area contributed by atoms with Gasteiger partial charge in [0.15, 0.2) is 0 Å². The zero-order valence-electron chi connectivity index (χ0n) is 14.7. The SMILES string of the molecule is Cc1cc(C)c2c(n1)sc1c(=O)n(/N=C/c3ccc(Cl)c(Cl)c3)c(C)nc12. The normalized spacial score (nSPS) is 11.9. The summed E-state index contributed by atoms with van der Waals surface area (Å²) in [4.78, 5) is 23.0. The van der Waals surface area contributed by atoms with Crippen molar-refractivity contribution in [3.8, 4) is 0 Å². The Balaban J connectivity index is 1.90. The molecule has 0 N–H and O–H groups in total. The van der Waals surface area contributed by atoms with E-state index in [9.17, 15) is 4.79 Å². The molecule has 0 saturated carbocycles. The van der Waals surface area contributed by atoms with Crippen molar-refractivity contribution in [2.24, 2.45) is 5.10 Å². The molecule has 0 aliphatic carbocycles. The predicted molar refractivity (Wildman–Crippen MR) is 113 cm³/mol. The van der Waals surface area contributed by atoms with Gasteiger partial charge in [-0.15, -0.1) is 11.3 Å². The van der Waals surface area contributed by atoms with E-state index < -0.39 is 0 Å². The highest BCUT2D eigenvalue weighted by Gasteiger charge is 2.16. The van der Waals surface area contributed by atoms with E-state index in [-0.39, 0.29) is 5.56 Å². The Kier molecular flexibility index (Phi) is 4.50. The van der Waals surface area contributed by atoms with Crippen LogP contribution in [0.2, 0.25) is 10.0 Å². The van der Waals surface area contributed by atoms with Crippen LogP contribution in [-0.2, 0) is 0 Å². The number of aryl methyl sites for hydroxylation is 3. The number of hydrogen-bond donors (Lipinski definition) is 0.